The summed E-state index contributed by atoms with van der Waals surface area (Å²) < 4.78 is 0. The zero-order valence-electron chi connectivity index (χ0n) is 14.6. The molecule has 2 heteroatoms. The van der Waals surface area contributed by atoms with E-state index in [4.69, 9.17) is 0 Å². The fourth-order valence-corrected chi connectivity index (χ4v) is 3.25. The molecule has 0 atom stereocenters. The van der Waals surface area contributed by atoms with Crippen molar-refractivity contribution in [3.63, 3.8) is 0 Å². The van der Waals surface area contributed by atoms with Gasteiger partial charge in [0.05, 0.1) is 0 Å². The van der Waals surface area contributed by atoms with Gasteiger partial charge in [0, 0.05) is 5.75 Å². The molecule has 0 N–H and O–H groups in total. The first kappa shape index (κ1) is 20.0. The third kappa shape index (κ3) is 12.1. The summed E-state index contributed by atoms with van der Waals surface area (Å²) in [4.78, 5) is 11.8. The van der Waals surface area contributed by atoms with Crippen LogP contribution in [0.4, 0.5) is 0 Å². The fourth-order valence-electron chi connectivity index (χ4n) is 2.54. The largest absolute Gasteiger partial charge is 0.282 e. The minimum atomic E-state index is 0.171. The first-order valence-electron chi connectivity index (χ1n) is 9.23. The van der Waals surface area contributed by atoms with E-state index in [0.717, 1.165) is 17.7 Å². The second-order valence-corrected chi connectivity index (χ2v) is 7.19. The van der Waals surface area contributed by atoms with Crippen LogP contribution in [0.3, 0.4) is 0 Å². The molecule has 0 aliphatic carbocycles. The molecule has 0 fully saturated rings. The summed E-state index contributed by atoms with van der Waals surface area (Å²) in [6.45, 7) is 2.26. The van der Waals surface area contributed by atoms with Gasteiger partial charge in [-0.15, -0.1) is 0 Å². The monoisotopic (exact) mass is 332 g/mol. The van der Waals surface area contributed by atoms with Crippen LogP contribution in [0.15, 0.2) is 36.4 Å². The Balaban J connectivity index is 1.91. The summed E-state index contributed by atoms with van der Waals surface area (Å²) in [6, 6.07) is 9.98. The van der Waals surface area contributed by atoms with Gasteiger partial charge in [-0.2, -0.15) is 0 Å². The molecule has 0 saturated heterocycles. The Bertz CT molecular complexity index is 425. The lowest BCUT2D eigenvalue weighted by Crippen LogP contribution is -1.89. The van der Waals surface area contributed by atoms with E-state index in [-0.39, 0.29) is 5.12 Å². The zero-order valence-corrected chi connectivity index (χ0v) is 15.5. The van der Waals surface area contributed by atoms with E-state index in [9.17, 15) is 4.79 Å². The van der Waals surface area contributed by atoms with Gasteiger partial charge in [-0.1, -0.05) is 113 Å². The third-order valence-electron chi connectivity index (χ3n) is 3.95. The highest BCUT2D eigenvalue weighted by Gasteiger charge is 1.98. The van der Waals surface area contributed by atoms with E-state index in [1.807, 2.05) is 36.4 Å². The van der Waals surface area contributed by atoms with Crippen LogP contribution < -0.4 is 0 Å². The number of thioether (sulfide) groups is 1. The van der Waals surface area contributed by atoms with Gasteiger partial charge < -0.3 is 0 Å². The predicted octanol–water partition coefficient (Wildman–Crippen LogP) is 6.88. The van der Waals surface area contributed by atoms with Crippen molar-refractivity contribution in [2.45, 2.75) is 71.1 Å². The average Bonchev–Trinajstić information content (AvgIpc) is 2.59. The zero-order chi connectivity index (χ0) is 16.6. The summed E-state index contributed by atoms with van der Waals surface area (Å²) in [5.74, 6) is 0.953. The van der Waals surface area contributed by atoms with E-state index in [1.54, 1.807) is 6.08 Å². The Morgan fingerprint density at radius 3 is 2.04 bits per heavy atom. The molecule has 1 aromatic rings. The van der Waals surface area contributed by atoms with Crippen molar-refractivity contribution in [2.75, 3.05) is 5.75 Å². The summed E-state index contributed by atoms with van der Waals surface area (Å²) >= 11 is 1.45. The molecule has 0 amide bonds. The van der Waals surface area contributed by atoms with Crippen LogP contribution in [0.2, 0.25) is 0 Å². The molecule has 0 saturated carbocycles. The van der Waals surface area contributed by atoms with Crippen LogP contribution in [-0.4, -0.2) is 10.9 Å². The van der Waals surface area contributed by atoms with Crippen LogP contribution in [0, 0.1) is 0 Å². The molecule has 0 radical (unpaired) electrons. The van der Waals surface area contributed by atoms with Crippen molar-refractivity contribution < 1.29 is 4.79 Å². The SMILES string of the molecule is CCCCCCCCCCCCSC(=O)/C=C/c1ccccc1. The molecule has 0 aliphatic heterocycles. The number of benzene rings is 1. The van der Waals surface area contributed by atoms with Gasteiger partial charge in [0.1, 0.15) is 0 Å². The van der Waals surface area contributed by atoms with Crippen molar-refractivity contribution in [1.29, 1.82) is 0 Å². The predicted molar refractivity (Wildman–Crippen MR) is 105 cm³/mol. The van der Waals surface area contributed by atoms with E-state index in [1.165, 1.54) is 69.5 Å². The Kier molecular flexibility index (Phi) is 12.7. The summed E-state index contributed by atoms with van der Waals surface area (Å²) in [5.41, 5.74) is 1.08. The van der Waals surface area contributed by atoms with Crippen molar-refractivity contribution in [1.82, 2.24) is 0 Å². The van der Waals surface area contributed by atoms with Crippen LogP contribution in [0.5, 0.6) is 0 Å². The first-order chi connectivity index (χ1) is 11.3. The van der Waals surface area contributed by atoms with Gasteiger partial charge in [-0.25, -0.2) is 0 Å². The Morgan fingerprint density at radius 2 is 1.43 bits per heavy atom. The van der Waals surface area contributed by atoms with Crippen LogP contribution in [0.1, 0.15) is 76.7 Å². The molecule has 0 heterocycles. The molecule has 0 aliphatic rings. The minimum Gasteiger partial charge on any atom is -0.282 e. The highest BCUT2D eigenvalue weighted by Crippen LogP contribution is 2.13. The van der Waals surface area contributed by atoms with Crippen molar-refractivity contribution in [2.24, 2.45) is 0 Å². The summed E-state index contributed by atoms with van der Waals surface area (Å²) in [5, 5.41) is 0.171. The van der Waals surface area contributed by atoms with E-state index in [0.29, 0.717) is 0 Å². The molecule has 0 spiro atoms. The number of carbonyl (C=O) groups excluding carboxylic acids is 1. The summed E-state index contributed by atoms with van der Waals surface area (Å²) in [6.07, 6.45) is 17.0. The first-order valence-corrected chi connectivity index (χ1v) is 10.2. The lowest BCUT2D eigenvalue weighted by Gasteiger charge is -2.01. The fraction of sp³-hybridized carbons (Fsp3) is 0.571. The molecular weight excluding hydrogens is 300 g/mol. The van der Waals surface area contributed by atoms with Crippen LogP contribution in [0.25, 0.3) is 6.08 Å². The second kappa shape index (κ2) is 14.6. The lowest BCUT2D eigenvalue weighted by molar-refractivity contribution is -0.106. The molecule has 0 unspecified atom stereocenters. The molecule has 1 aromatic carbocycles. The number of hydrogen-bond acceptors (Lipinski definition) is 2. The number of rotatable bonds is 13. The van der Waals surface area contributed by atoms with Gasteiger partial charge in [0.2, 0.25) is 5.12 Å². The molecular formula is C21H32OS. The van der Waals surface area contributed by atoms with Gasteiger partial charge in [-0.05, 0) is 18.1 Å². The minimum absolute atomic E-state index is 0.171. The maximum Gasteiger partial charge on any atom is 0.212 e. The molecule has 23 heavy (non-hydrogen) atoms. The topological polar surface area (TPSA) is 17.1 Å². The average molecular weight is 333 g/mol. The second-order valence-electron chi connectivity index (χ2n) is 6.09. The maximum atomic E-state index is 11.8. The van der Waals surface area contributed by atoms with E-state index >= 15 is 0 Å². The van der Waals surface area contributed by atoms with Gasteiger partial charge in [0.25, 0.3) is 0 Å². The van der Waals surface area contributed by atoms with Gasteiger partial charge >= 0.3 is 0 Å². The van der Waals surface area contributed by atoms with Gasteiger partial charge in [-0.3, -0.25) is 4.79 Å². The highest BCUT2D eigenvalue weighted by molar-refractivity contribution is 8.14. The Hall–Kier alpha value is -1.02. The maximum absolute atomic E-state index is 11.8. The lowest BCUT2D eigenvalue weighted by atomic mass is 10.1. The third-order valence-corrected chi connectivity index (χ3v) is 4.87. The number of unbranched alkanes of at least 4 members (excludes halogenated alkanes) is 9. The highest BCUT2D eigenvalue weighted by atomic mass is 32.2. The van der Waals surface area contributed by atoms with Crippen LogP contribution >= 0.6 is 11.8 Å². The standard InChI is InChI=1S/C21H32OS/c1-2-3-4-5-6-7-8-9-10-14-19-23-21(22)18-17-20-15-12-11-13-16-20/h11-13,15-18H,2-10,14,19H2,1H3/b18-17+. The number of hydrogen-bond donors (Lipinski definition) is 0. The molecule has 128 valence electrons. The summed E-state index contributed by atoms with van der Waals surface area (Å²) in [7, 11) is 0. The van der Waals surface area contributed by atoms with Crippen LogP contribution in [-0.2, 0) is 4.79 Å². The smallest absolute Gasteiger partial charge is 0.212 e. The quantitative estimate of drug-likeness (QED) is 0.289. The number of carbonyl (C=O) groups is 1. The van der Waals surface area contributed by atoms with E-state index in [2.05, 4.69) is 6.92 Å². The normalized spacial score (nSPS) is 11.2. The van der Waals surface area contributed by atoms with E-state index < -0.39 is 0 Å². The molecule has 1 rings (SSSR count). The molecule has 1 nitrogen and oxygen atoms in total. The Labute approximate surface area is 147 Å². The van der Waals surface area contributed by atoms with Crippen molar-refractivity contribution in [3.05, 3.63) is 42.0 Å². The molecule has 0 aromatic heterocycles. The van der Waals surface area contributed by atoms with Crippen molar-refractivity contribution >= 4 is 23.0 Å². The Morgan fingerprint density at radius 1 is 0.870 bits per heavy atom. The van der Waals surface area contributed by atoms with Gasteiger partial charge in [0.15, 0.2) is 0 Å². The van der Waals surface area contributed by atoms with Crippen molar-refractivity contribution in [3.8, 4) is 0 Å². The molecule has 0 bridgehead atoms.